The first-order valence-electron chi connectivity index (χ1n) is 6.82. The van der Waals surface area contributed by atoms with Crippen LogP contribution < -0.4 is 10.0 Å². The summed E-state index contributed by atoms with van der Waals surface area (Å²) in [6.07, 6.45) is 4.06. The molecule has 1 aromatic carbocycles. The Morgan fingerprint density at radius 2 is 2.10 bits per heavy atom. The Morgan fingerprint density at radius 3 is 2.81 bits per heavy atom. The third kappa shape index (κ3) is 4.52. The number of sulfonamides is 1. The molecule has 0 unspecified atom stereocenters. The summed E-state index contributed by atoms with van der Waals surface area (Å²) in [4.78, 5) is 3.93. The molecule has 3 rings (SSSR count). The second-order valence-electron chi connectivity index (χ2n) is 5.17. The molecule has 2 N–H and O–H groups in total. The molecule has 1 aliphatic rings. The van der Waals surface area contributed by atoms with E-state index >= 15 is 0 Å². The van der Waals surface area contributed by atoms with E-state index in [9.17, 15) is 8.42 Å². The average molecular weight is 323 g/mol. The van der Waals surface area contributed by atoms with Crippen molar-refractivity contribution in [1.29, 1.82) is 0 Å². The minimum absolute atomic E-state index is 0.0378. The van der Waals surface area contributed by atoms with Crippen LogP contribution in [0.15, 0.2) is 35.8 Å². The van der Waals surface area contributed by atoms with Gasteiger partial charge in [0.05, 0.1) is 5.75 Å². The van der Waals surface area contributed by atoms with Crippen LogP contribution in [0.5, 0.6) is 0 Å². The van der Waals surface area contributed by atoms with Crippen LogP contribution >= 0.6 is 11.3 Å². The fourth-order valence-corrected chi connectivity index (χ4v) is 4.00. The first kappa shape index (κ1) is 14.5. The van der Waals surface area contributed by atoms with Gasteiger partial charge in [0.1, 0.15) is 0 Å². The molecule has 0 radical (unpaired) electrons. The normalized spacial score (nSPS) is 15.0. The Morgan fingerprint density at radius 1 is 1.29 bits per heavy atom. The van der Waals surface area contributed by atoms with Gasteiger partial charge in [-0.1, -0.05) is 24.3 Å². The molecule has 7 heteroatoms. The summed E-state index contributed by atoms with van der Waals surface area (Å²) in [6.45, 7) is 0.790. The van der Waals surface area contributed by atoms with Crippen molar-refractivity contribution in [2.45, 2.75) is 31.2 Å². The van der Waals surface area contributed by atoms with E-state index in [0.717, 1.165) is 17.7 Å². The van der Waals surface area contributed by atoms with E-state index in [-0.39, 0.29) is 5.75 Å². The fourth-order valence-electron chi connectivity index (χ4n) is 2.04. The first-order valence-corrected chi connectivity index (χ1v) is 9.35. The highest BCUT2D eigenvalue weighted by Gasteiger charge is 2.20. The molecule has 0 aliphatic heterocycles. The van der Waals surface area contributed by atoms with Crippen LogP contribution in [-0.2, 0) is 22.3 Å². The fraction of sp³-hybridized carbons (Fsp3) is 0.357. The Kier molecular flexibility index (Phi) is 4.23. The molecule has 1 saturated carbocycles. The molecule has 21 heavy (non-hydrogen) atoms. The lowest BCUT2D eigenvalue weighted by Crippen LogP contribution is -2.17. The van der Waals surface area contributed by atoms with Crippen molar-refractivity contribution in [2.24, 2.45) is 0 Å². The van der Waals surface area contributed by atoms with Crippen LogP contribution in [0, 0.1) is 0 Å². The number of anilines is 1. The molecule has 0 amide bonds. The minimum Gasteiger partial charge on any atom is -0.310 e. The number of hydrogen-bond donors (Lipinski definition) is 2. The molecule has 0 bridgehead atoms. The summed E-state index contributed by atoms with van der Waals surface area (Å²) in [7, 11) is -3.42. The van der Waals surface area contributed by atoms with Gasteiger partial charge >= 0.3 is 0 Å². The van der Waals surface area contributed by atoms with Crippen LogP contribution in [-0.4, -0.2) is 19.4 Å². The summed E-state index contributed by atoms with van der Waals surface area (Å²) < 4.78 is 26.7. The summed E-state index contributed by atoms with van der Waals surface area (Å²) in [5.74, 6) is -0.0378. The highest BCUT2D eigenvalue weighted by Crippen LogP contribution is 2.20. The third-order valence-corrected chi connectivity index (χ3v) is 5.23. The van der Waals surface area contributed by atoms with E-state index in [1.807, 2.05) is 24.3 Å². The van der Waals surface area contributed by atoms with Crippen LogP contribution in [0.25, 0.3) is 0 Å². The number of benzene rings is 1. The van der Waals surface area contributed by atoms with Crippen molar-refractivity contribution in [3.05, 3.63) is 47.0 Å². The standard InChI is InChI=1S/C14H17N3O2S2/c18-21(19,17-14-15-6-7-20-14)10-12-3-1-2-11(8-12)9-16-13-4-5-13/h1-3,6-8,13,16H,4-5,9-10H2,(H,15,17). The predicted octanol–water partition coefficient (Wildman–Crippen LogP) is 2.34. The number of hydrogen-bond acceptors (Lipinski definition) is 5. The molecule has 2 aromatic rings. The number of nitrogens with zero attached hydrogens (tertiary/aromatic N) is 1. The van der Waals surface area contributed by atoms with E-state index in [4.69, 9.17) is 0 Å². The molecule has 1 heterocycles. The zero-order valence-corrected chi connectivity index (χ0v) is 13.1. The summed E-state index contributed by atoms with van der Waals surface area (Å²) in [6, 6.07) is 8.33. The van der Waals surface area contributed by atoms with Crippen molar-refractivity contribution < 1.29 is 8.42 Å². The minimum atomic E-state index is -3.42. The van der Waals surface area contributed by atoms with Crippen LogP contribution in [0.4, 0.5) is 5.13 Å². The van der Waals surface area contributed by atoms with Crippen LogP contribution in [0.2, 0.25) is 0 Å². The lowest BCUT2D eigenvalue weighted by Gasteiger charge is -2.08. The Labute approximate surface area is 128 Å². The summed E-state index contributed by atoms with van der Waals surface area (Å²) in [5, 5.41) is 5.57. The molecule has 1 fully saturated rings. The predicted molar refractivity (Wildman–Crippen MR) is 84.7 cm³/mol. The highest BCUT2D eigenvalue weighted by atomic mass is 32.2. The topological polar surface area (TPSA) is 71.1 Å². The maximum Gasteiger partial charge on any atom is 0.238 e. The van der Waals surface area contributed by atoms with Gasteiger partial charge in [-0.25, -0.2) is 13.4 Å². The van der Waals surface area contributed by atoms with Gasteiger partial charge < -0.3 is 5.32 Å². The van der Waals surface area contributed by atoms with E-state index in [1.165, 1.54) is 24.2 Å². The van der Waals surface area contributed by atoms with E-state index in [1.54, 1.807) is 11.6 Å². The van der Waals surface area contributed by atoms with E-state index in [2.05, 4.69) is 15.0 Å². The van der Waals surface area contributed by atoms with Crippen molar-refractivity contribution in [1.82, 2.24) is 10.3 Å². The summed E-state index contributed by atoms with van der Waals surface area (Å²) >= 11 is 1.27. The second kappa shape index (κ2) is 6.13. The van der Waals surface area contributed by atoms with Gasteiger partial charge in [-0.15, -0.1) is 11.3 Å². The third-order valence-electron chi connectivity index (χ3n) is 3.20. The molecular formula is C14H17N3O2S2. The maximum absolute atomic E-state index is 12.1. The second-order valence-corrected chi connectivity index (χ2v) is 7.79. The lowest BCUT2D eigenvalue weighted by molar-refractivity contribution is 0.600. The number of thiazole rings is 1. The van der Waals surface area contributed by atoms with Crippen molar-refractivity contribution >= 4 is 26.5 Å². The Bertz CT molecular complexity index is 695. The largest absolute Gasteiger partial charge is 0.310 e. The quantitative estimate of drug-likeness (QED) is 0.820. The van der Waals surface area contributed by atoms with E-state index in [0.29, 0.717) is 11.2 Å². The molecule has 0 saturated heterocycles. The van der Waals surface area contributed by atoms with Gasteiger partial charge in [0.25, 0.3) is 0 Å². The van der Waals surface area contributed by atoms with Crippen molar-refractivity contribution in [3.63, 3.8) is 0 Å². The molecule has 1 aromatic heterocycles. The first-order chi connectivity index (χ1) is 10.1. The monoisotopic (exact) mass is 323 g/mol. The van der Waals surface area contributed by atoms with Crippen LogP contribution in [0.1, 0.15) is 24.0 Å². The lowest BCUT2D eigenvalue weighted by atomic mass is 10.1. The number of nitrogens with one attached hydrogen (secondary N) is 2. The average Bonchev–Trinajstić information content (AvgIpc) is 3.13. The Hall–Kier alpha value is -1.44. The van der Waals surface area contributed by atoms with Gasteiger partial charge in [0, 0.05) is 24.2 Å². The van der Waals surface area contributed by atoms with Crippen molar-refractivity contribution in [3.8, 4) is 0 Å². The maximum atomic E-state index is 12.1. The van der Waals surface area contributed by atoms with Gasteiger partial charge in [-0.3, -0.25) is 4.72 Å². The van der Waals surface area contributed by atoms with Gasteiger partial charge in [-0.2, -0.15) is 0 Å². The highest BCUT2D eigenvalue weighted by molar-refractivity contribution is 7.92. The van der Waals surface area contributed by atoms with Crippen LogP contribution in [0.3, 0.4) is 0 Å². The van der Waals surface area contributed by atoms with Crippen molar-refractivity contribution in [2.75, 3.05) is 4.72 Å². The molecular weight excluding hydrogens is 306 g/mol. The Balaban J connectivity index is 1.64. The number of rotatable bonds is 7. The molecule has 0 spiro atoms. The van der Waals surface area contributed by atoms with Gasteiger partial charge in [0.2, 0.25) is 10.0 Å². The zero-order chi connectivity index (χ0) is 14.7. The molecule has 1 aliphatic carbocycles. The SMILES string of the molecule is O=S(=O)(Cc1cccc(CNC2CC2)c1)Nc1nccs1. The molecule has 112 valence electrons. The smallest absolute Gasteiger partial charge is 0.238 e. The summed E-state index contributed by atoms with van der Waals surface area (Å²) in [5.41, 5.74) is 1.90. The van der Waals surface area contributed by atoms with Gasteiger partial charge in [-0.05, 0) is 24.0 Å². The zero-order valence-electron chi connectivity index (χ0n) is 11.5. The van der Waals surface area contributed by atoms with E-state index < -0.39 is 10.0 Å². The number of aromatic nitrogens is 1. The molecule has 0 atom stereocenters. The molecule has 5 nitrogen and oxygen atoms in total. The van der Waals surface area contributed by atoms with Gasteiger partial charge in [0.15, 0.2) is 5.13 Å².